The normalized spacial score (nSPS) is 11.3. The van der Waals surface area contributed by atoms with E-state index in [0.29, 0.717) is 17.1 Å². The fraction of sp³-hybridized carbons (Fsp3) is 0.0741. The molecular weight excluding hydrogens is 464 g/mol. The van der Waals surface area contributed by atoms with E-state index in [4.69, 9.17) is 16.6 Å². The van der Waals surface area contributed by atoms with Crippen LogP contribution in [-0.2, 0) is 12.0 Å². The Morgan fingerprint density at radius 1 is 0.824 bits per heavy atom. The Bertz CT molecular complexity index is 1340. The van der Waals surface area contributed by atoms with Crippen molar-refractivity contribution < 1.29 is 0 Å². The second kappa shape index (κ2) is 9.63. The Kier molecular flexibility index (Phi) is 6.25. The van der Waals surface area contributed by atoms with E-state index in [1.54, 1.807) is 0 Å². The maximum atomic E-state index is 11.6. The fourth-order valence-corrected chi connectivity index (χ4v) is 5.03. The Morgan fingerprint density at radius 2 is 1.35 bits per heavy atom. The van der Waals surface area contributed by atoms with Gasteiger partial charge in [-0.1, -0.05) is 103 Å². The molecule has 2 heterocycles. The van der Waals surface area contributed by atoms with Crippen LogP contribution in [0.1, 0.15) is 28.1 Å². The molecule has 0 spiro atoms. The molecule has 0 aliphatic heterocycles. The molecule has 5 nitrogen and oxygen atoms in total. The SMILES string of the molecule is O=c1nc(Cc2csc(NC(c3ccccc3)(c3ccccc3)c3ccccc3)n2)c(Cl)c[nH]1. The molecule has 7 heteroatoms. The highest BCUT2D eigenvalue weighted by Gasteiger charge is 2.37. The third kappa shape index (κ3) is 4.38. The standard InChI is InChI=1S/C27H21ClN4OS/c28-23-17-29-25(33)31-24(23)16-22-18-34-26(30-22)32-27(19-10-4-1-5-11-19,20-12-6-2-7-13-20)21-14-8-3-9-15-21/h1-15,17-18H,16H2,(H,30,32)(H,29,31,33). The van der Waals surface area contributed by atoms with Gasteiger partial charge in [0.05, 0.1) is 16.4 Å². The average molecular weight is 485 g/mol. The molecule has 0 aliphatic carbocycles. The maximum absolute atomic E-state index is 11.6. The van der Waals surface area contributed by atoms with Gasteiger partial charge in [-0.25, -0.2) is 9.78 Å². The van der Waals surface area contributed by atoms with Crippen molar-refractivity contribution >= 4 is 28.1 Å². The van der Waals surface area contributed by atoms with Crippen LogP contribution in [0.3, 0.4) is 0 Å². The van der Waals surface area contributed by atoms with Crippen molar-refractivity contribution in [2.24, 2.45) is 0 Å². The number of hydrogen-bond donors (Lipinski definition) is 2. The van der Waals surface area contributed by atoms with Gasteiger partial charge in [0.2, 0.25) is 0 Å². The topological polar surface area (TPSA) is 70.7 Å². The minimum atomic E-state index is -0.654. The Hall–Kier alpha value is -3.74. The monoisotopic (exact) mass is 484 g/mol. The number of rotatable bonds is 7. The molecule has 0 radical (unpaired) electrons. The summed E-state index contributed by atoms with van der Waals surface area (Å²) in [5.74, 6) is 0. The van der Waals surface area contributed by atoms with E-state index in [1.807, 2.05) is 60.0 Å². The molecular formula is C27H21ClN4OS. The number of hydrogen-bond acceptors (Lipinski definition) is 5. The molecule has 0 unspecified atom stereocenters. The number of H-pyrrole nitrogens is 1. The van der Waals surface area contributed by atoms with Gasteiger partial charge in [0.15, 0.2) is 5.13 Å². The number of aromatic amines is 1. The zero-order chi connectivity index (χ0) is 23.4. The molecule has 0 atom stereocenters. The minimum absolute atomic E-state index is 0.371. The van der Waals surface area contributed by atoms with Crippen LogP contribution in [0, 0.1) is 0 Å². The number of nitrogens with zero attached hydrogens (tertiary/aromatic N) is 2. The number of benzene rings is 3. The van der Waals surface area contributed by atoms with Gasteiger partial charge in [-0.05, 0) is 16.7 Å². The van der Waals surface area contributed by atoms with E-state index >= 15 is 0 Å². The van der Waals surface area contributed by atoms with Crippen molar-refractivity contribution in [3.8, 4) is 0 Å². The number of aromatic nitrogens is 3. The predicted octanol–water partition coefficient (Wildman–Crippen LogP) is 5.87. The summed E-state index contributed by atoms with van der Waals surface area (Å²) in [6, 6.07) is 31.1. The van der Waals surface area contributed by atoms with Crippen molar-refractivity contribution in [3.05, 3.63) is 146 Å². The molecule has 0 bridgehead atoms. The van der Waals surface area contributed by atoms with E-state index in [2.05, 4.69) is 51.7 Å². The maximum Gasteiger partial charge on any atom is 0.345 e. The molecule has 0 aliphatic rings. The van der Waals surface area contributed by atoms with Gasteiger partial charge >= 0.3 is 5.69 Å². The van der Waals surface area contributed by atoms with Gasteiger partial charge in [0.25, 0.3) is 0 Å². The second-order valence-corrected chi connectivity index (χ2v) is 9.06. The molecule has 5 aromatic rings. The predicted molar refractivity (Wildman–Crippen MR) is 138 cm³/mol. The lowest BCUT2D eigenvalue weighted by atomic mass is 9.77. The quantitative estimate of drug-likeness (QED) is 0.283. The van der Waals surface area contributed by atoms with Gasteiger partial charge in [-0.15, -0.1) is 11.3 Å². The Morgan fingerprint density at radius 3 is 1.88 bits per heavy atom. The second-order valence-electron chi connectivity index (χ2n) is 7.79. The molecule has 3 aromatic carbocycles. The highest BCUT2D eigenvalue weighted by Crippen LogP contribution is 2.40. The largest absolute Gasteiger partial charge is 0.345 e. The van der Waals surface area contributed by atoms with Gasteiger partial charge in [0, 0.05) is 18.0 Å². The van der Waals surface area contributed by atoms with Crippen molar-refractivity contribution in [3.63, 3.8) is 0 Å². The van der Waals surface area contributed by atoms with E-state index in [0.717, 1.165) is 27.5 Å². The summed E-state index contributed by atoms with van der Waals surface area (Å²) in [7, 11) is 0. The van der Waals surface area contributed by atoms with Gasteiger partial charge < -0.3 is 10.3 Å². The zero-order valence-electron chi connectivity index (χ0n) is 18.1. The molecule has 0 fully saturated rings. The van der Waals surface area contributed by atoms with E-state index in [1.165, 1.54) is 17.5 Å². The van der Waals surface area contributed by atoms with Gasteiger partial charge in [-0.3, -0.25) is 0 Å². The molecule has 2 N–H and O–H groups in total. The highest BCUT2D eigenvalue weighted by molar-refractivity contribution is 7.13. The first-order chi connectivity index (χ1) is 16.6. The molecule has 168 valence electrons. The highest BCUT2D eigenvalue weighted by atomic mass is 35.5. The summed E-state index contributed by atoms with van der Waals surface area (Å²) < 4.78 is 0. The summed E-state index contributed by atoms with van der Waals surface area (Å²) in [5, 5.41) is 6.89. The lowest BCUT2D eigenvalue weighted by Gasteiger charge is -2.36. The van der Waals surface area contributed by atoms with Crippen LogP contribution < -0.4 is 11.0 Å². The lowest BCUT2D eigenvalue weighted by Crippen LogP contribution is -2.38. The van der Waals surface area contributed by atoms with E-state index in [9.17, 15) is 4.79 Å². The van der Waals surface area contributed by atoms with E-state index in [-0.39, 0.29) is 0 Å². The van der Waals surface area contributed by atoms with Crippen molar-refractivity contribution in [2.45, 2.75) is 12.0 Å². The molecule has 0 saturated carbocycles. The first-order valence-corrected chi connectivity index (χ1v) is 12.0. The van der Waals surface area contributed by atoms with Crippen LogP contribution >= 0.6 is 22.9 Å². The smallest absolute Gasteiger partial charge is 0.344 e. The summed E-state index contributed by atoms with van der Waals surface area (Å²) in [6.07, 6.45) is 1.83. The van der Waals surface area contributed by atoms with Gasteiger partial charge in [-0.2, -0.15) is 4.98 Å². The summed E-state index contributed by atoms with van der Waals surface area (Å²) in [5.41, 5.74) is 3.51. The van der Waals surface area contributed by atoms with Crippen LogP contribution in [0.5, 0.6) is 0 Å². The molecule has 0 saturated heterocycles. The first-order valence-electron chi connectivity index (χ1n) is 10.8. The van der Waals surface area contributed by atoms with Crippen LogP contribution in [0.25, 0.3) is 0 Å². The third-order valence-electron chi connectivity index (χ3n) is 5.65. The number of halogens is 1. The number of nitrogens with one attached hydrogen (secondary N) is 2. The fourth-order valence-electron chi connectivity index (χ4n) is 4.10. The minimum Gasteiger partial charge on any atom is -0.344 e. The van der Waals surface area contributed by atoms with Crippen LogP contribution in [0.2, 0.25) is 5.02 Å². The first kappa shape index (κ1) is 22.1. The molecule has 5 rings (SSSR count). The van der Waals surface area contributed by atoms with Crippen molar-refractivity contribution in [1.29, 1.82) is 0 Å². The molecule has 0 amide bonds. The van der Waals surface area contributed by atoms with Crippen LogP contribution in [0.4, 0.5) is 5.13 Å². The Labute approximate surface area is 206 Å². The third-order valence-corrected chi connectivity index (χ3v) is 6.78. The number of thiazole rings is 1. The van der Waals surface area contributed by atoms with Crippen molar-refractivity contribution in [2.75, 3.05) is 5.32 Å². The molecule has 2 aromatic heterocycles. The summed E-state index contributed by atoms with van der Waals surface area (Å²) in [4.78, 5) is 23.0. The lowest BCUT2D eigenvalue weighted by molar-refractivity contribution is 0.710. The number of anilines is 1. The summed E-state index contributed by atoms with van der Waals surface area (Å²) >= 11 is 7.74. The molecule has 34 heavy (non-hydrogen) atoms. The van der Waals surface area contributed by atoms with E-state index < -0.39 is 11.2 Å². The zero-order valence-corrected chi connectivity index (χ0v) is 19.7. The average Bonchev–Trinajstić information content (AvgIpc) is 3.33. The van der Waals surface area contributed by atoms with Crippen molar-refractivity contribution in [1.82, 2.24) is 15.0 Å². The summed E-state index contributed by atoms with van der Waals surface area (Å²) in [6.45, 7) is 0. The Balaban J connectivity index is 1.60. The van der Waals surface area contributed by atoms with Gasteiger partial charge in [0.1, 0.15) is 5.54 Å². The van der Waals surface area contributed by atoms with Crippen LogP contribution in [-0.4, -0.2) is 15.0 Å². The van der Waals surface area contributed by atoms with Crippen LogP contribution in [0.15, 0.2) is 107 Å².